The van der Waals surface area contributed by atoms with Crippen molar-refractivity contribution < 1.29 is 4.74 Å². The summed E-state index contributed by atoms with van der Waals surface area (Å²) < 4.78 is 6.68. The molecular weight excluding hydrogens is 344 g/mol. The Kier molecular flexibility index (Phi) is 4.00. The lowest BCUT2D eigenvalue weighted by atomic mass is 9.95. The van der Waals surface area contributed by atoms with Gasteiger partial charge in [0.25, 0.3) is 5.56 Å². The quantitative estimate of drug-likeness (QED) is 0.714. The summed E-state index contributed by atoms with van der Waals surface area (Å²) in [5.41, 5.74) is 3.62. The Bertz CT molecular complexity index is 960. The summed E-state index contributed by atoms with van der Waals surface area (Å²) in [5.74, 6) is 0. The number of fused-ring (bicyclic) bond motifs is 3. The topological polar surface area (TPSA) is 44.1 Å². The molecule has 0 N–H and O–H groups in total. The van der Waals surface area contributed by atoms with Crippen molar-refractivity contribution >= 4 is 22.9 Å². The molecular formula is C18H15ClN2O2S. The number of methoxy groups -OCH3 is 1. The Balaban J connectivity index is 1.86. The lowest BCUT2D eigenvalue weighted by Crippen LogP contribution is -2.23. The molecule has 24 heavy (non-hydrogen) atoms. The number of ether oxygens (including phenoxy) is 1. The van der Waals surface area contributed by atoms with Crippen molar-refractivity contribution in [1.82, 2.24) is 9.78 Å². The number of benzene rings is 1. The average molecular weight is 359 g/mol. The first-order valence-electron chi connectivity index (χ1n) is 7.66. The lowest BCUT2D eigenvalue weighted by Gasteiger charge is -2.16. The van der Waals surface area contributed by atoms with E-state index in [4.69, 9.17) is 16.3 Å². The van der Waals surface area contributed by atoms with E-state index in [2.05, 4.69) is 11.2 Å². The van der Waals surface area contributed by atoms with E-state index < -0.39 is 0 Å². The maximum atomic E-state index is 12.4. The van der Waals surface area contributed by atoms with Gasteiger partial charge in [-0.05, 0) is 48.7 Å². The highest BCUT2D eigenvalue weighted by atomic mass is 35.5. The molecule has 0 saturated heterocycles. The van der Waals surface area contributed by atoms with Crippen LogP contribution in [0.15, 0.2) is 41.2 Å². The summed E-state index contributed by atoms with van der Waals surface area (Å²) in [7, 11) is 1.70. The molecule has 6 heteroatoms. The van der Waals surface area contributed by atoms with Crippen molar-refractivity contribution in [3.63, 3.8) is 0 Å². The third-order valence-corrected chi connectivity index (χ3v) is 5.53. The first-order chi connectivity index (χ1) is 11.7. The standard InChI is InChI=1S/C18H15ClN2O2S/c1-23-10-14-9-15-16(24-14)7-2-11-8-17(22)21(20-18(11)15)13-5-3-12(19)4-6-13/h3-6,8-9H,2,7,10H2,1H3. The first kappa shape index (κ1) is 15.6. The van der Waals surface area contributed by atoms with Gasteiger partial charge in [-0.2, -0.15) is 9.78 Å². The second kappa shape index (κ2) is 6.16. The van der Waals surface area contributed by atoms with Crippen LogP contribution < -0.4 is 5.56 Å². The Labute approximate surface area is 148 Å². The van der Waals surface area contributed by atoms with E-state index in [1.807, 2.05) is 0 Å². The number of hydrogen-bond donors (Lipinski definition) is 0. The van der Waals surface area contributed by atoms with Crippen molar-refractivity contribution in [3.05, 3.63) is 67.1 Å². The molecule has 2 aromatic heterocycles. The number of thiophene rings is 1. The van der Waals surface area contributed by atoms with E-state index in [-0.39, 0.29) is 5.56 Å². The minimum Gasteiger partial charge on any atom is -0.379 e. The van der Waals surface area contributed by atoms with Gasteiger partial charge in [0.1, 0.15) is 0 Å². The zero-order chi connectivity index (χ0) is 16.7. The summed E-state index contributed by atoms with van der Waals surface area (Å²) in [6.07, 6.45) is 1.79. The van der Waals surface area contributed by atoms with Gasteiger partial charge in [0.15, 0.2) is 0 Å². The summed E-state index contributed by atoms with van der Waals surface area (Å²) in [6.45, 7) is 0.601. The monoisotopic (exact) mass is 358 g/mol. The summed E-state index contributed by atoms with van der Waals surface area (Å²) in [5, 5.41) is 5.29. The predicted molar refractivity (Wildman–Crippen MR) is 96.3 cm³/mol. The van der Waals surface area contributed by atoms with Gasteiger partial charge in [0.2, 0.25) is 0 Å². The minimum absolute atomic E-state index is 0.119. The Morgan fingerprint density at radius 2 is 2.04 bits per heavy atom. The number of aromatic nitrogens is 2. The number of rotatable bonds is 3. The van der Waals surface area contributed by atoms with E-state index in [9.17, 15) is 4.79 Å². The second-order valence-electron chi connectivity index (χ2n) is 5.73. The third kappa shape index (κ3) is 2.69. The summed E-state index contributed by atoms with van der Waals surface area (Å²) in [4.78, 5) is 14.9. The minimum atomic E-state index is -0.119. The maximum absolute atomic E-state index is 12.4. The fourth-order valence-electron chi connectivity index (χ4n) is 3.01. The van der Waals surface area contributed by atoms with Crippen LogP contribution in [0, 0.1) is 0 Å². The first-order valence-corrected chi connectivity index (χ1v) is 8.85. The van der Waals surface area contributed by atoms with Crippen molar-refractivity contribution in [1.29, 1.82) is 0 Å². The molecule has 0 fully saturated rings. The van der Waals surface area contributed by atoms with E-state index in [0.717, 1.165) is 29.7 Å². The predicted octanol–water partition coefficient (Wildman–Crippen LogP) is 3.86. The van der Waals surface area contributed by atoms with E-state index >= 15 is 0 Å². The van der Waals surface area contributed by atoms with Crippen LogP contribution in [0.25, 0.3) is 16.9 Å². The van der Waals surface area contributed by atoms with Crippen LogP contribution in [-0.4, -0.2) is 16.9 Å². The van der Waals surface area contributed by atoms with Gasteiger partial charge < -0.3 is 4.74 Å². The van der Waals surface area contributed by atoms with Crippen LogP contribution in [0.3, 0.4) is 0 Å². The van der Waals surface area contributed by atoms with Crippen molar-refractivity contribution in [2.45, 2.75) is 19.4 Å². The van der Waals surface area contributed by atoms with Crippen LogP contribution in [0.4, 0.5) is 0 Å². The van der Waals surface area contributed by atoms with Crippen LogP contribution in [0.2, 0.25) is 5.02 Å². The Hall–Kier alpha value is -1.95. The van der Waals surface area contributed by atoms with Crippen LogP contribution in [0.1, 0.15) is 15.3 Å². The molecule has 4 nitrogen and oxygen atoms in total. The molecule has 0 saturated carbocycles. The van der Waals surface area contributed by atoms with Crippen LogP contribution >= 0.6 is 22.9 Å². The fraction of sp³-hybridized carbons (Fsp3) is 0.222. The molecule has 122 valence electrons. The van der Waals surface area contributed by atoms with Gasteiger partial charge in [-0.3, -0.25) is 4.79 Å². The van der Waals surface area contributed by atoms with E-state index in [1.54, 1.807) is 48.8 Å². The molecule has 0 aliphatic heterocycles. The van der Waals surface area contributed by atoms with Gasteiger partial charge in [-0.15, -0.1) is 11.3 Å². The zero-order valence-corrected chi connectivity index (χ0v) is 14.7. The smallest absolute Gasteiger partial charge is 0.271 e. The second-order valence-corrected chi connectivity index (χ2v) is 7.38. The molecule has 0 radical (unpaired) electrons. The van der Waals surface area contributed by atoms with Gasteiger partial charge in [0.05, 0.1) is 18.0 Å². The third-order valence-electron chi connectivity index (χ3n) is 4.10. The summed E-state index contributed by atoms with van der Waals surface area (Å²) in [6, 6.07) is 11.0. The van der Waals surface area contributed by atoms with Crippen molar-refractivity contribution in [2.75, 3.05) is 7.11 Å². The number of aryl methyl sites for hydroxylation is 2. The van der Waals surface area contributed by atoms with Gasteiger partial charge >= 0.3 is 0 Å². The Morgan fingerprint density at radius 1 is 1.25 bits per heavy atom. The van der Waals surface area contributed by atoms with Gasteiger partial charge in [-0.1, -0.05) is 11.6 Å². The van der Waals surface area contributed by atoms with Gasteiger partial charge in [-0.25, -0.2) is 0 Å². The average Bonchev–Trinajstić information content (AvgIpc) is 2.98. The number of nitrogens with zero attached hydrogens (tertiary/aromatic N) is 2. The van der Waals surface area contributed by atoms with Crippen LogP contribution in [-0.2, 0) is 24.2 Å². The van der Waals surface area contributed by atoms with Crippen LogP contribution in [0.5, 0.6) is 0 Å². The fourth-order valence-corrected chi connectivity index (χ4v) is 4.27. The van der Waals surface area contributed by atoms with Gasteiger partial charge in [0, 0.05) is 33.5 Å². The highest BCUT2D eigenvalue weighted by Gasteiger charge is 2.22. The molecule has 0 amide bonds. The number of hydrogen-bond acceptors (Lipinski definition) is 4. The molecule has 0 unspecified atom stereocenters. The van der Waals surface area contributed by atoms with E-state index in [1.165, 1.54) is 14.4 Å². The largest absolute Gasteiger partial charge is 0.379 e. The molecule has 1 aliphatic carbocycles. The molecule has 4 rings (SSSR count). The highest BCUT2D eigenvalue weighted by Crippen LogP contribution is 2.37. The molecule has 3 aromatic rings. The number of halogens is 1. The summed E-state index contributed by atoms with van der Waals surface area (Å²) >= 11 is 7.70. The molecule has 0 bridgehead atoms. The van der Waals surface area contributed by atoms with Crippen molar-refractivity contribution in [3.8, 4) is 16.9 Å². The van der Waals surface area contributed by atoms with Crippen molar-refractivity contribution in [2.24, 2.45) is 0 Å². The molecule has 1 aliphatic rings. The normalized spacial score (nSPS) is 12.8. The lowest BCUT2D eigenvalue weighted by molar-refractivity contribution is 0.187. The molecule has 2 heterocycles. The molecule has 0 atom stereocenters. The maximum Gasteiger partial charge on any atom is 0.271 e. The highest BCUT2D eigenvalue weighted by molar-refractivity contribution is 7.12. The SMILES string of the molecule is COCc1cc2c(s1)CCc1cc(=O)n(-c3ccc(Cl)cc3)nc1-2. The molecule has 1 aromatic carbocycles. The van der Waals surface area contributed by atoms with E-state index in [0.29, 0.717) is 17.3 Å². The zero-order valence-electron chi connectivity index (χ0n) is 13.1. The Morgan fingerprint density at radius 3 is 2.79 bits per heavy atom. The molecule has 0 spiro atoms.